The van der Waals surface area contributed by atoms with Crippen LogP contribution in [0.2, 0.25) is 5.02 Å². The highest BCUT2D eigenvalue weighted by atomic mass is 35.5. The fourth-order valence-electron chi connectivity index (χ4n) is 2.06. The summed E-state index contributed by atoms with van der Waals surface area (Å²) in [5.41, 5.74) is 0.963. The van der Waals surface area contributed by atoms with Crippen molar-refractivity contribution in [3.05, 3.63) is 65.9 Å². The standard InChI is InChI=1S/C17H16ClN3OS/c18-14-6-4-7-15(12-14)21-13-19-20-17(21)23-11-5-10-22-16-8-2-1-3-9-16/h1-4,6-9,12-13H,5,10-11H2. The first kappa shape index (κ1) is 15.9. The van der Waals surface area contributed by atoms with E-state index in [2.05, 4.69) is 10.2 Å². The Morgan fingerprint density at radius 1 is 1.09 bits per heavy atom. The number of hydrogen-bond donors (Lipinski definition) is 0. The van der Waals surface area contributed by atoms with E-state index in [-0.39, 0.29) is 0 Å². The highest BCUT2D eigenvalue weighted by molar-refractivity contribution is 7.99. The van der Waals surface area contributed by atoms with E-state index in [0.29, 0.717) is 11.6 Å². The summed E-state index contributed by atoms with van der Waals surface area (Å²) in [6.07, 6.45) is 2.64. The summed E-state index contributed by atoms with van der Waals surface area (Å²) in [6, 6.07) is 17.5. The molecule has 3 rings (SSSR count). The van der Waals surface area contributed by atoms with E-state index in [0.717, 1.165) is 28.8 Å². The fourth-order valence-corrected chi connectivity index (χ4v) is 3.08. The largest absolute Gasteiger partial charge is 0.494 e. The van der Waals surface area contributed by atoms with Crippen molar-refractivity contribution in [1.82, 2.24) is 14.8 Å². The zero-order valence-corrected chi connectivity index (χ0v) is 14.0. The number of halogens is 1. The SMILES string of the molecule is Clc1cccc(-n2cnnc2SCCCOc2ccccc2)c1. The molecule has 0 radical (unpaired) electrons. The molecule has 3 aromatic rings. The molecule has 4 nitrogen and oxygen atoms in total. The van der Waals surface area contributed by atoms with Crippen LogP contribution >= 0.6 is 23.4 Å². The van der Waals surface area contributed by atoms with Gasteiger partial charge in [-0.1, -0.05) is 47.6 Å². The van der Waals surface area contributed by atoms with Crippen LogP contribution in [0.25, 0.3) is 5.69 Å². The number of hydrogen-bond acceptors (Lipinski definition) is 4. The van der Waals surface area contributed by atoms with Gasteiger partial charge in [-0.25, -0.2) is 0 Å². The molecule has 1 aromatic heterocycles. The Hall–Kier alpha value is -1.98. The number of para-hydroxylation sites is 1. The van der Waals surface area contributed by atoms with Gasteiger partial charge in [0.1, 0.15) is 12.1 Å². The maximum absolute atomic E-state index is 6.04. The van der Waals surface area contributed by atoms with Crippen LogP contribution < -0.4 is 4.74 Å². The Labute approximate surface area is 144 Å². The van der Waals surface area contributed by atoms with Crippen molar-refractivity contribution in [2.45, 2.75) is 11.6 Å². The van der Waals surface area contributed by atoms with Gasteiger partial charge in [-0.15, -0.1) is 10.2 Å². The van der Waals surface area contributed by atoms with Gasteiger partial charge in [0, 0.05) is 10.8 Å². The third kappa shape index (κ3) is 4.50. The van der Waals surface area contributed by atoms with Crippen LogP contribution in [0.4, 0.5) is 0 Å². The summed E-state index contributed by atoms with van der Waals surface area (Å²) in [5, 5.41) is 9.71. The van der Waals surface area contributed by atoms with Crippen molar-refractivity contribution in [2.75, 3.05) is 12.4 Å². The van der Waals surface area contributed by atoms with Crippen LogP contribution in [-0.2, 0) is 0 Å². The van der Waals surface area contributed by atoms with Gasteiger partial charge >= 0.3 is 0 Å². The average Bonchev–Trinajstić information content (AvgIpc) is 3.04. The molecule has 0 N–H and O–H groups in total. The normalized spacial score (nSPS) is 10.7. The molecular formula is C17H16ClN3OS. The van der Waals surface area contributed by atoms with Crippen LogP contribution in [0, 0.1) is 0 Å². The van der Waals surface area contributed by atoms with Gasteiger partial charge < -0.3 is 4.74 Å². The molecule has 0 aliphatic rings. The smallest absolute Gasteiger partial charge is 0.195 e. The van der Waals surface area contributed by atoms with Crippen molar-refractivity contribution < 1.29 is 4.74 Å². The lowest BCUT2D eigenvalue weighted by molar-refractivity contribution is 0.318. The van der Waals surface area contributed by atoms with Gasteiger partial charge in [0.05, 0.1) is 12.3 Å². The van der Waals surface area contributed by atoms with Gasteiger partial charge in [-0.2, -0.15) is 0 Å². The molecule has 0 aliphatic heterocycles. The molecule has 0 spiro atoms. The minimum absolute atomic E-state index is 0.683. The van der Waals surface area contributed by atoms with Gasteiger partial charge in [-0.3, -0.25) is 4.57 Å². The van der Waals surface area contributed by atoms with Crippen molar-refractivity contribution in [3.63, 3.8) is 0 Å². The molecule has 23 heavy (non-hydrogen) atoms. The van der Waals surface area contributed by atoms with Crippen molar-refractivity contribution >= 4 is 23.4 Å². The van der Waals surface area contributed by atoms with E-state index in [1.54, 1.807) is 18.1 Å². The Morgan fingerprint density at radius 3 is 2.78 bits per heavy atom. The number of thioether (sulfide) groups is 1. The molecule has 0 bridgehead atoms. The van der Waals surface area contributed by atoms with E-state index < -0.39 is 0 Å². The molecule has 0 amide bonds. The molecular weight excluding hydrogens is 330 g/mol. The Bertz CT molecular complexity index is 748. The van der Waals surface area contributed by atoms with Crippen LogP contribution in [0.15, 0.2) is 66.1 Å². The molecule has 0 unspecified atom stereocenters. The number of benzene rings is 2. The second-order valence-corrected chi connectivity index (χ2v) is 6.33. The van der Waals surface area contributed by atoms with Crippen molar-refractivity contribution in [2.24, 2.45) is 0 Å². The third-order valence-electron chi connectivity index (χ3n) is 3.13. The maximum Gasteiger partial charge on any atom is 0.195 e. The highest BCUT2D eigenvalue weighted by Gasteiger charge is 2.07. The second-order valence-electron chi connectivity index (χ2n) is 4.83. The van der Waals surface area contributed by atoms with Crippen LogP contribution in [0.1, 0.15) is 6.42 Å². The predicted octanol–water partition coefficient (Wildman–Crippen LogP) is 4.48. The summed E-state index contributed by atoms with van der Waals surface area (Å²) in [4.78, 5) is 0. The molecule has 1 heterocycles. The minimum atomic E-state index is 0.683. The maximum atomic E-state index is 6.04. The van der Waals surface area contributed by atoms with Crippen molar-refractivity contribution in [1.29, 1.82) is 0 Å². The molecule has 0 saturated carbocycles. The summed E-state index contributed by atoms with van der Waals surface area (Å²) < 4.78 is 7.62. The quantitative estimate of drug-likeness (QED) is 0.467. The lowest BCUT2D eigenvalue weighted by atomic mass is 10.3. The first-order valence-corrected chi connectivity index (χ1v) is 8.66. The first-order valence-electron chi connectivity index (χ1n) is 7.29. The molecule has 0 fully saturated rings. The molecule has 2 aromatic carbocycles. The molecule has 0 saturated heterocycles. The van der Waals surface area contributed by atoms with E-state index in [9.17, 15) is 0 Å². The van der Waals surface area contributed by atoms with E-state index in [1.165, 1.54) is 0 Å². The summed E-state index contributed by atoms with van der Waals surface area (Å²) >= 11 is 7.70. The number of nitrogens with zero attached hydrogens (tertiary/aromatic N) is 3. The first-order chi connectivity index (χ1) is 11.3. The molecule has 118 valence electrons. The van der Waals surface area contributed by atoms with Crippen LogP contribution in [0.5, 0.6) is 5.75 Å². The Morgan fingerprint density at radius 2 is 1.96 bits per heavy atom. The van der Waals surface area contributed by atoms with Crippen LogP contribution in [-0.4, -0.2) is 27.1 Å². The topological polar surface area (TPSA) is 39.9 Å². The number of rotatable bonds is 7. The lowest BCUT2D eigenvalue weighted by Crippen LogP contribution is -2.00. The molecule has 6 heteroatoms. The zero-order chi connectivity index (χ0) is 15.9. The van der Waals surface area contributed by atoms with Gasteiger partial charge in [-0.05, 0) is 36.8 Å². The Balaban J connectivity index is 1.51. The van der Waals surface area contributed by atoms with E-state index >= 15 is 0 Å². The minimum Gasteiger partial charge on any atom is -0.494 e. The fraction of sp³-hybridized carbons (Fsp3) is 0.176. The van der Waals surface area contributed by atoms with E-state index in [4.69, 9.17) is 16.3 Å². The van der Waals surface area contributed by atoms with Gasteiger partial charge in [0.25, 0.3) is 0 Å². The summed E-state index contributed by atoms with van der Waals surface area (Å²) in [7, 11) is 0. The lowest BCUT2D eigenvalue weighted by Gasteiger charge is -2.07. The number of aromatic nitrogens is 3. The van der Waals surface area contributed by atoms with E-state index in [1.807, 2.05) is 59.2 Å². The van der Waals surface area contributed by atoms with Crippen LogP contribution in [0.3, 0.4) is 0 Å². The monoisotopic (exact) mass is 345 g/mol. The summed E-state index contributed by atoms with van der Waals surface area (Å²) in [5.74, 6) is 1.81. The predicted molar refractivity (Wildman–Crippen MR) is 93.6 cm³/mol. The average molecular weight is 346 g/mol. The van der Waals surface area contributed by atoms with Gasteiger partial charge in [0.15, 0.2) is 5.16 Å². The van der Waals surface area contributed by atoms with Gasteiger partial charge in [0.2, 0.25) is 0 Å². The number of ether oxygens (including phenoxy) is 1. The summed E-state index contributed by atoms with van der Waals surface area (Å²) in [6.45, 7) is 0.683. The highest BCUT2D eigenvalue weighted by Crippen LogP contribution is 2.22. The van der Waals surface area contributed by atoms with Crippen molar-refractivity contribution in [3.8, 4) is 11.4 Å². The second kappa shape index (κ2) is 8.04. The molecule has 0 aliphatic carbocycles. The third-order valence-corrected chi connectivity index (χ3v) is 4.40. The molecule has 0 atom stereocenters. The zero-order valence-electron chi connectivity index (χ0n) is 12.4. The Kier molecular flexibility index (Phi) is 5.56.